The average molecular weight is 309 g/mol. The predicted octanol–water partition coefficient (Wildman–Crippen LogP) is 3.39. The number of anilines is 1. The van der Waals surface area contributed by atoms with E-state index >= 15 is 0 Å². The summed E-state index contributed by atoms with van der Waals surface area (Å²) in [7, 11) is 1.54. The fraction of sp³-hybridized carbons (Fsp3) is 0.222. The molecule has 0 saturated carbocycles. The van der Waals surface area contributed by atoms with E-state index in [0.717, 1.165) is 16.7 Å². The maximum absolute atomic E-state index is 12.3. The lowest BCUT2D eigenvalue weighted by atomic mass is 10.2. The van der Waals surface area contributed by atoms with Crippen molar-refractivity contribution in [1.29, 1.82) is 0 Å². The van der Waals surface area contributed by atoms with Crippen molar-refractivity contribution < 1.29 is 9.53 Å². The lowest BCUT2D eigenvalue weighted by Crippen LogP contribution is -2.29. The van der Waals surface area contributed by atoms with E-state index in [4.69, 9.17) is 4.74 Å². The molecule has 1 N–H and O–H groups in total. The number of carbonyl (C=O) groups excluding carboxylic acids is 1. The first-order chi connectivity index (χ1) is 11.2. The number of carbonyl (C=O) groups is 1. The minimum atomic E-state index is -0.487. The quantitative estimate of drug-likeness (QED) is 0.786. The number of nitrogens with one attached hydrogen (secondary N) is 1. The van der Waals surface area contributed by atoms with Gasteiger partial charge in [-0.2, -0.15) is 0 Å². The minimum absolute atomic E-state index is 0.192. The first-order valence-electron chi connectivity index (χ1n) is 7.61. The van der Waals surface area contributed by atoms with Gasteiger partial charge in [0.25, 0.3) is 5.91 Å². The van der Waals surface area contributed by atoms with Crippen LogP contribution in [0.25, 0.3) is 16.7 Å². The van der Waals surface area contributed by atoms with Gasteiger partial charge in [0.15, 0.2) is 0 Å². The number of imidazole rings is 1. The van der Waals surface area contributed by atoms with E-state index in [2.05, 4.69) is 10.3 Å². The van der Waals surface area contributed by atoms with Crippen molar-refractivity contribution in [2.75, 3.05) is 12.4 Å². The van der Waals surface area contributed by atoms with Gasteiger partial charge in [0.05, 0.1) is 11.0 Å². The van der Waals surface area contributed by atoms with Gasteiger partial charge >= 0.3 is 0 Å². The standard InChI is InChI=1S/C18H19N3O2/c1-3-16(23-2)17(22)20-18-19-14-11-7-8-12-15(14)21(18)13-9-5-4-6-10-13/h4-12,16H,3H2,1-2H3,(H,19,20,22). The lowest BCUT2D eigenvalue weighted by Gasteiger charge is -2.14. The summed E-state index contributed by atoms with van der Waals surface area (Å²) in [5.41, 5.74) is 2.72. The molecule has 0 fully saturated rings. The van der Waals surface area contributed by atoms with Crippen LogP contribution in [0.4, 0.5) is 5.95 Å². The molecule has 1 aromatic heterocycles. The molecule has 1 heterocycles. The Kier molecular flexibility index (Phi) is 4.39. The van der Waals surface area contributed by atoms with E-state index in [1.165, 1.54) is 7.11 Å². The number of methoxy groups -OCH3 is 1. The zero-order chi connectivity index (χ0) is 16.2. The molecular formula is C18H19N3O2. The molecule has 1 unspecified atom stereocenters. The third-order valence-electron chi connectivity index (χ3n) is 3.76. The van der Waals surface area contributed by atoms with Crippen LogP contribution in [-0.4, -0.2) is 28.7 Å². The van der Waals surface area contributed by atoms with Gasteiger partial charge in [-0.15, -0.1) is 0 Å². The molecule has 0 aliphatic rings. The molecule has 5 heteroatoms. The summed E-state index contributed by atoms with van der Waals surface area (Å²) >= 11 is 0. The number of ether oxygens (including phenoxy) is 1. The number of nitrogens with zero attached hydrogens (tertiary/aromatic N) is 2. The molecule has 2 aromatic carbocycles. The Balaban J connectivity index is 2.08. The van der Waals surface area contributed by atoms with Gasteiger partial charge in [-0.1, -0.05) is 37.3 Å². The van der Waals surface area contributed by atoms with E-state index in [-0.39, 0.29) is 5.91 Å². The number of hydrogen-bond donors (Lipinski definition) is 1. The SMILES string of the molecule is CCC(OC)C(=O)Nc1nc2ccccc2n1-c1ccccc1. The normalized spacial score (nSPS) is 12.3. The largest absolute Gasteiger partial charge is 0.372 e. The molecule has 1 amide bonds. The molecule has 1 atom stereocenters. The number of hydrogen-bond acceptors (Lipinski definition) is 3. The first-order valence-corrected chi connectivity index (χ1v) is 7.61. The van der Waals surface area contributed by atoms with Crippen LogP contribution in [0, 0.1) is 0 Å². The summed E-state index contributed by atoms with van der Waals surface area (Å²) in [5.74, 6) is 0.306. The van der Waals surface area contributed by atoms with Crippen LogP contribution in [-0.2, 0) is 9.53 Å². The zero-order valence-electron chi connectivity index (χ0n) is 13.2. The molecule has 0 aliphatic carbocycles. The summed E-state index contributed by atoms with van der Waals surface area (Å²) in [6, 6.07) is 17.6. The van der Waals surface area contributed by atoms with Crippen molar-refractivity contribution in [2.45, 2.75) is 19.4 Å². The number of benzene rings is 2. The third kappa shape index (κ3) is 2.96. The van der Waals surface area contributed by atoms with Crippen molar-refractivity contribution in [2.24, 2.45) is 0 Å². The molecule has 118 valence electrons. The predicted molar refractivity (Wildman–Crippen MR) is 90.8 cm³/mol. The molecule has 0 radical (unpaired) electrons. The van der Waals surface area contributed by atoms with Gasteiger partial charge in [0.1, 0.15) is 6.10 Å². The Morgan fingerprint density at radius 1 is 1.17 bits per heavy atom. The Labute approximate surface area is 134 Å². The molecule has 3 rings (SSSR count). The fourth-order valence-corrected chi connectivity index (χ4v) is 2.60. The van der Waals surface area contributed by atoms with Gasteiger partial charge in [-0.3, -0.25) is 14.7 Å². The Bertz CT molecular complexity index is 808. The van der Waals surface area contributed by atoms with Crippen molar-refractivity contribution in [3.05, 3.63) is 54.6 Å². The van der Waals surface area contributed by atoms with E-state index in [1.54, 1.807) is 0 Å². The number of amides is 1. The number of rotatable bonds is 5. The van der Waals surface area contributed by atoms with Gasteiger partial charge in [0, 0.05) is 12.8 Å². The van der Waals surface area contributed by atoms with Crippen molar-refractivity contribution >= 4 is 22.9 Å². The van der Waals surface area contributed by atoms with Crippen LogP contribution < -0.4 is 5.32 Å². The molecule has 0 bridgehead atoms. The molecule has 0 saturated heterocycles. The molecule has 5 nitrogen and oxygen atoms in total. The number of para-hydroxylation sites is 3. The highest BCUT2D eigenvalue weighted by Gasteiger charge is 2.19. The fourth-order valence-electron chi connectivity index (χ4n) is 2.60. The molecular weight excluding hydrogens is 290 g/mol. The van der Waals surface area contributed by atoms with Crippen LogP contribution in [0.2, 0.25) is 0 Å². The highest BCUT2D eigenvalue weighted by Crippen LogP contribution is 2.24. The summed E-state index contributed by atoms with van der Waals surface area (Å²) in [6.07, 6.45) is 0.118. The number of fused-ring (bicyclic) bond motifs is 1. The van der Waals surface area contributed by atoms with Crippen LogP contribution in [0.1, 0.15) is 13.3 Å². The Morgan fingerprint density at radius 2 is 1.87 bits per heavy atom. The summed E-state index contributed by atoms with van der Waals surface area (Å²) in [5, 5.41) is 2.89. The van der Waals surface area contributed by atoms with E-state index in [1.807, 2.05) is 66.1 Å². The lowest BCUT2D eigenvalue weighted by molar-refractivity contribution is -0.125. The monoisotopic (exact) mass is 309 g/mol. The molecule has 0 aliphatic heterocycles. The second kappa shape index (κ2) is 6.62. The third-order valence-corrected chi connectivity index (χ3v) is 3.76. The highest BCUT2D eigenvalue weighted by atomic mass is 16.5. The van der Waals surface area contributed by atoms with E-state index in [9.17, 15) is 4.79 Å². The molecule has 0 spiro atoms. The van der Waals surface area contributed by atoms with Crippen molar-refractivity contribution in [1.82, 2.24) is 9.55 Å². The summed E-state index contributed by atoms with van der Waals surface area (Å²) < 4.78 is 7.14. The van der Waals surface area contributed by atoms with Crippen LogP contribution in [0.15, 0.2) is 54.6 Å². The van der Waals surface area contributed by atoms with Crippen molar-refractivity contribution in [3.63, 3.8) is 0 Å². The van der Waals surface area contributed by atoms with Gasteiger partial charge in [-0.25, -0.2) is 4.98 Å². The van der Waals surface area contributed by atoms with Gasteiger partial charge < -0.3 is 4.74 Å². The van der Waals surface area contributed by atoms with Gasteiger partial charge in [-0.05, 0) is 30.7 Å². The molecule has 23 heavy (non-hydrogen) atoms. The van der Waals surface area contributed by atoms with Crippen LogP contribution in [0.3, 0.4) is 0 Å². The smallest absolute Gasteiger partial charge is 0.255 e. The topological polar surface area (TPSA) is 56.1 Å². The first kappa shape index (κ1) is 15.2. The van der Waals surface area contributed by atoms with Crippen LogP contribution in [0.5, 0.6) is 0 Å². The second-order valence-corrected chi connectivity index (χ2v) is 5.22. The average Bonchev–Trinajstić information content (AvgIpc) is 2.94. The van der Waals surface area contributed by atoms with Gasteiger partial charge in [0.2, 0.25) is 5.95 Å². The Morgan fingerprint density at radius 3 is 2.57 bits per heavy atom. The zero-order valence-corrected chi connectivity index (χ0v) is 13.2. The Hall–Kier alpha value is -2.66. The maximum atomic E-state index is 12.3. The summed E-state index contributed by atoms with van der Waals surface area (Å²) in [4.78, 5) is 16.9. The molecule has 3 aromatic rings. The van der Waals surface area contributed by atoms with E-state index < -0.39 is 6.10 Å². The summed E-state index contributed by atoms with van der Waals surface area (Å²) in [6.45, 7) is 1.91. The second-order valence-electron chi connectivity index (χ2n) is 5.22. The van der Waals surface area contributed by atoms with Crippen molar-refractivity contribution in [3.8, 4) is 5.69 Å². The number of aromatic nitrogens is 2. The highest BCUT2D eigenvalue weighted by molar-refractivity contribution is 5.95. The maximum Gasteiger partial charge on any atom is 0.255 e. The minimum Gasteiger partial charge on any atom is -0.372 e. The van der Waals surface area contributed by atoms with Crippen LogP contribution >= 0.6 is 0 Å². The van der Waals surface area contributed by atoms with E-state index in [0.29, 0.717) is 12.4 Å².